The number of nitrogens with zero attached hydrogens (tertiary/aromatic N) is 2. The lowest BCUT2D eigenvalue weighted by Crippen LogP contribution is -2.48. The van der Waals surface area contributed by atoms with Gasteiger partial charge in [-0.15, -0.1) is 11.3 Å². The fourth-order valence-corrected chi connectivity index (χ4v) is 2.79. The van der Waals surface area contributed by atoms with E-state index in [9.17, 15) is 4.79 Å². The van der Waals surface area contributed by atoms with Crippen LogP contribution < -0.4 is 0 Å². The Bertz CT molecular complexity index is 384. The van der Waals surface area contributed by atoms with Crippen LogP contribution in [0.5, 0.6) is 0 Å². The molecule has 0 aliphatic carbocycles. The summed E-state index contributed by atoms with van der Waals surface area (Å²) in [6.07, 6.45) is -0.163. The van der Waals surface area contributed by atoms with Gasteiger partial charge in [0.1, 0.15) is 0 Å². The molecule has 0 bridgehead atoms. The van der Waals surface area contributed by atoms with E-state index in [1.54, 1.807) is 11.3 Å². The fraction of sp³-hybridized carbons (Fsp3) is 0.643. The van der Waals surface area contributed by atoms with Crippen molar-refractivity contribution in [2.75, 3.05) is 32.8 Å². The number of hydrogen-bond acceptors (Lipinski definition) is 4. The van der Waals surface area contributed by atoms with Gasteiger partial charge in [-0.3, -0.25) is 4.90 Å². The lowest BCUT2D eigenvalue weighted by molar-refractivity contribution is 0.0678. The minimum atomic E-state index is -0.163. The third-order valence-electron chi connectivity index (χ3n) is 3.13. The van der Waals surface area contributed by atoms with E-state index >= 15 is 0 Å². The monoisotopic (exact) mass is 282 g/mol. The van der Waals surface area contributed by atoms with Crippen molar-refractivity contribution in [3.63, 3.8) is 0 Å². The van der Waals surface area contributed by atoms with Gasteiger partial charge in [-0.05, 0) is 17.4 Å². The van der Waals surface area contributed by atoms with Gasteiger partial charge in [0.25, 0.3) is 0 Å². The van der Waals surface area contributed by atoms with E-state index in [4.69, 9.17) is 4.74 Å². The average Bonchev–Trinajstić information content (AvgIpc) is 2.89. The van der Waals surface area contributed by atoms with Gasteiger partial charge < -0.3 is 9.64 Å². The van der Waals surface area contributed by atoms with Gasteiger partial charge in [-0.1, -0.05) is 19.9 Å². The van der Waals surface area contributed by atoms with Crippen LogP contribution in [0.4, 0.5) is 4.79 Å². The maximum Gasteiger partial charge on any atom is 0.409 e. The molecule has 5 heteroatoms. The molecule has 19 heavy (non-hydrogen) atoms. The molecule has 1 saturated heterocycles. The number of rotatable bonds is 4. The van der Waals surface area contributed by atoms with Gasteiger partial charge in [-0.2, -0.15) is 0 Å². The maximum absolute atomic E-state index is 11.8. The number of amides is 1. The van der Waals surface area contributed by atoms with Crippen LogP contribution in [0.2, 0.25) is 0 Å². The van der Waals surface area contributed by atoms with E-state index in [0.29, 0.717) is 12.5 Å². The van der Waals surface area contributed by atoms with Crippen LogP contribution in [0.25, 0.3) is 0 Å². The lowest BCUT2D eigenvalue weighted by atomic mass is 10.2. The zero-order valence-corrected chi connectivity index (χ0v) is 12.5. The Morgan fingerprint density at radius 3 is 2.68 bits per heavy atom. The molecule has 2 rings (SSSR count). The summed E-state index contributed by atoms with van der Waals surface area (Å²) in [6.45, 7) is 8.98. The van der Waals surface area contributed by atoms with E-state index < -0.39 is 0 Å². The van der Waals surface area contributed by atoms with Crippen LogP contribution in [-0.2, 0) is 11.3 Å². The lowest BCUT2D eigenvalue weighted by Gasteiger charge is -2.33. The van der Waals surface area contributed by atoms with Gasteiger partial charge in [-0.25, -0.2) is 4.79 Å². The summed E-state index contributed by atoms with van der Waals surface area (Å²) in [4.78, 5) is 17.4. The van der Waals surface area contributed by atoms with E-state index in [2.05, 4.69) is 22.4 Å². The first kappa shape index (κ1) is 14.3. The number of piperazine rings is 1. The topological polar surface area (TPSA) is 32.8 Å². The molecule has 2 heterocycles. The largest absolute Gasteiger partial charge is 0.449 e. The molecule has 0 N–H and O–H groups in total. The molecule has 0 atom stereocenters. The van der Waals surface area contributed by atoms with Crippen LogP contribution in [0, 0.1) is 5.92 Å². The number of thiophene rings is 1. The van der Waals surface area contributed by atoms with E-state index in [1.807, 2.05) is 18.7 Å². The molecule has 106 valence electrons. The molecule has 1 aromatic heterocycles. The van der Waals surface area contributed by atoms with Gasteiger partial charge in [0.05, 0.1) is 6.61 Å². The zero-order chi connectivity index (χ0) is 13.7. The summed E-state index contributed by atoms with van der Waals surface area (Å²) in [5.41, 5.74) is 0. The summed E-state index contributed by atoms with van der Waals surface area (Å²) in [6, 6.07) is 4.24. The van der Waals surface area contributed by atoms with Crippen molar-refractivity contribution in [2.45, 2.75) is 20.4 Å². The SMILES string of the molecule is CC(C)COC(=O)N1CCN(Cc2cccs2)CC1. The van der Waals surface area contributed by atoms with Gasteiger partial charge in [0.2, 0.25) is 0 Å². The first-order valence-corrected chi connectivity index (χ1v) is 7.69. The number of carbonyl (C=O) groups is 1. The molecule has 1 aromatic rings. The van der Waals surface area contributed by atoms with Crippen molar-refractivity contribution in [3.8, 4) is 0 Å². The predicted octanol–water partition coefficient (Wildman–Crippen LogP) is 2.66. The fourth-order valence-electron chi connectivity index (χ4n) is 2.04. The van der Waals surface area contributed by atoms with E-state index in [0.717, 1.165) is 32.7 Å². The Kier molecular flexibility index (Phi) is 5.22. The zero-order valence-electron chi connectivity index (χ0n) is 11.7. The third kappa shape index (κ3) is 4.51. The van der Waals surface area contributed by atoms with Gasteiger partial charge >= 0.3 is 6.09 Å². The number of ether oxygens (including phenoxy) is 1. The summed E-state index contributed by atoms with van der Waals surface area (Å²) in [7, 11) is 0. The van der Waals surface area contributed by atoms with Crippen molar-refractivity contribution in [2.24, 2.45) is 5.92 Å². The third-order valence-corrected chi connectivity index (χ3v) is 3.99. The summed E-state index contributed by atoms with van der Waals surface area (Å²) >= 11 is 1.79. The second kappa shape index (κ2) is 6.91. The Morgan fingerprint density at radius 1 is 1.37 bits per heavy atom. The highest BCUT2D eigenvalue weighted by atomic mass is 32.1. The molecule has 0 saturated carbocycles. The van der Waals surface area contributed by atoms with Crippen molar-refractivity contribution in [1.29, 1.82) is 0 Å². The van der Waals surface area contributed by atoms with Crippen LogP contribution in [0.1, 0.15) is 18.7 Å². The Morgan fingerprint density at radius 2 is 2.11 bits per heavy atom. The predicted molar refractivity (Wildman–Crippen MR) is 77.4 cm³/mol. The van der Waals surface area contributed by atoms with E-state index in [-0.39, 0.29) is 6.09 Å². The van der Waals surface area contributed by atoms with Crippen molar-refractivity contribution in [1.82, 2.24) is 9.80 Å². The van der Waals surface area contributed by atoms with Crippen LogP contribution in [0.3, 0.4) is 0 Å². The normalized spacial score (nSPS) is 16.9. The van der Waals surface area contributed by atoms with E-state index in [1.165, 1.54) is 4.88 Å². The second-order valence-electron chi connectivity index (χ2n) is 5.31. The summed E-state index contributed by atoms with van der Waals surface area (Å²) < 4.78 is 5.25. The number of carbonyl (C=O) groups excluding carboxylic acids is 1. The molecule has 4 nitrogen and oxygen atoms in total. The molecule has 1 amide bonds. The smallest absolute Gasteiger partial charge is 0.409 e. The highest BCUT2D eigenvalue weighted by Gasteiger charge is 2.22. The highest BCUT2D eigenvalue weighted by Crippen LogP contribution is 2.14. The molecular weight excluding hydrogens is 260 g/mol. The van der Waals surface area contributed by atoms with Crippen molar-refractivity contribution >= 4 is 17.4 Å². The van der Waals surface area contributed by atoms with Crippen molar-refractivity contribution < 1.29 is 9.53 Å². The molecule has 1 aliphatic rings. The van der Waals surface area contributed by atoms with Gasteiger partial charge in [0, 0.05) is 37.6 Å². The molecule has 0 unspecified atom stereocenters. The second-order valence-corrected chi connectivity index (χ2v) is 6.35. The molecule has 0 radical (unpaired) electrons. The molecule has 0 spiro atoms. The Balaban J connectivity index is 1.71. The molecule has 1 aliphatic heterocycles. The summed E-state index contributed by atoms with van der Waals surface area (Å²) in [5, 5.41) is 2.11. The quantitative estimate of drug-likeness (QED) is 0.851. The van der Waals surface area contributed by atoms with Crippen LogP contribution in [-0.4, -0.2) is 48.7 Å². The molecular formula is C14H22N2O2S. The van der Waals surface area contributed by atoms with Crippen LogP contribution in [0.15, 0.2) is 17.5 Å². The van der Waals surface area contributed by atoms with Gasteiger partial charge in [0.15, 0.2) is 0 Å². The Hall–Kier alpha value is -1.07. The van der Waals surface area contributed by atoms with Crippen LogP contribution >= 0.6 is 11.3 Å². The average molecular weight is 282 g/mol. The van der Waals surface area contributed by atoms with Crippen molar-refractivity contribution in [3.05, 3.63) is 22.4 Å². The minimum absolute atomic E-state index is 0.163. The first-order chi connectivity index (χ1) is 9.15. The first-order valence-electron chi connectivity index (χ1n) is 6.81. The standard InChI is InChI=1S/C14H22N2O2S/c1-12(2)11-18-14(17)16-7-5-15(6-8-16)10-13-4-3-9-19-13/h3-4,9,12H,5-8,10-11H2,1-2H3. The number of hydrogen-bond donors (Lipinski definition) is 0. The molecule has 1 fully saturated rings. The molecule has 0 aromatic carbocycles. The highest BCUT2D eigenvalue weighted by molar-refractivity contribution is 7.09. The maximum atomic E-state index is 11.8. The minimum Gasteiger partial charge on any atom is -0.449 e. The summed E-state index contributed by atoms with van der Waals surface area (Å²) in [5.74, 6) is 0.393. The Labute approximate surface area is 119 Å².